The van der Waals surface area contributed by atoms with Gasteiger partial charge < -0.3 is 9.88 Å². The number of hydrogen-bond donors (Lipinski definition) is 2. The van der Waals surface area contributed by atoms with Gasteiger partial charge in [-0.2, -0.15) is 0 Å². The number of benzene rings is 3. The summed E-state index contributed by atoms with van der Waals surface area (Å²) in [7, 11) is 0. The first-order valence-electron chi connectivity index (χ1n) is 8.52. The Bertz CT molecular complexity index is 1070. The monoisotopic (exact) mass is 376 g/mol. The van der Waals surface area contributed by atoms with Gasteiger partial charge in [0.2, 0.25) is 5.95 Å². The molecule has 2 amide bonds. The Balaban J connectivity index is 1.61. The Kier molecular flexibility index (Phi) is 4.77. The maximum Gasteiger partial charge on any atom is 0.326 e. The number of nitrogens with zero attached hydrogens (tertiary/aromatic N) is 2. The van der Waals surface area contributed by atoms with Crippen molar-refractivity contribution in [3.05, 3.63) is 89.4 Å². The van der Waals surface area contributed by atoms with Gasteiger partial charge in [0.25, 0.3) is 0 Å². The molecule has 1 aromatic heterocycles. The van der Waals surface area contributed by atoms with Crippen molar-refractivity contribution in [2.24, 2.45) is 0 Å². The summed E-state index contributed by atoms with van der Waals surface area (Å²) in [6.45, 7) is 0.609. The number of fused-ring (bicyclic) bond motifs is 1. The van der Waals surface area contributed by atoms with E-state index in [9.17, 15) is 4.79 Å². The molecule has 0 spiro atoms. The number of nitrogens with one attached hydrogen (secondary N) is 2. The fraction of sp³-hybridized carbons (Fsp3) is 0.0476. The van der Waals surface area contributed by atoms with Crippen LogP contribution < -0.4 is 10.6 Å². The van der Waals surface area contributed by atoms with Crippen LogP contribution in [0.25, 0.3) is 11.0 Å². The number of hydrogen-bond acceptors (Lipinski definition) is 2. The van der Waals surface area contributed by atoms with Gasteiger partial charge in [-0.3, -0.25) is 5.32 Å². The predicted octanol–water partition coefficient (Wildman–Crippen LogP) is 5.38. The van der Waals surface area contributed by atoms with E-state index < -0.39 is 0 Å². The van der Waals surface area contributed by atoms with E-state index in [0.29, 0.717) is 23.2 Å². The van der Waals surface area contributed by atoms with Crippen LogP contribution in [0.3, 0.4) is 0 Å². The molecule has 27 heavy (non-hydrogen) atoms. The number of amides is 2. The zero-order valence-electron chi connectivity index (χ0n) is 14.4. The quantitative estimate of drug-likeness (QED) is 0.502. The minimum absolute atomic E-state index is 0.359. The summed E-state index contributed by atoms with van der Waals surface area (Å²) in [6, 6.07) is 24.5. The molecule has 1 heterocycles. The van der Waals surface area contributed by atoms with Gasteiger partial charge in [0.05, 0.1) is 17.6 Å². The molecule has 0 saturated carbocycles. The van der Waals surface area contributed by atoms with Gasteiger partial charge in [-0.25, -0.2) is 9.78 Å². The number of anilines is 2. The van der Waals surface area contributed by atoms with Gasteiger partial charge in [-0.1, -0.05) is 54.1 Å². The predicted molar refractivity (Wildman–Crippen MR) is 109 cm³/mol. The van der Waals surface area contributed by atoms with Crippen LogP contribution >= 0.6 is 11.6 Å². The number of urea groups is 1. The maximum atomic E-state index is 12.4. The van der Waals surface area contributed by atoms with Gasteiger partial charge in [-0.05, 0) is 42.0 Å². The summed E-state index contributed by atoms with van der Waals surface area (Å²) in [6.07, 6.45) is 0. The highest BCUT2D eigenvalue weighted by Gasteiger charge is 2.13. The van der Waals surface area contributed by atoms with E-state index in [1.807, 2.05) is 59.2 Å². The lowest BCUT2D eigenvalue weighted by Gasteiger charge is -2.11. The summed E-state index contributed by atoms with van der Waals surface area (Å²) in [5, 5.41) is 6.26. The van der Waals surface area contributed by atoms with Gasteiger partial charge in [0.15, 0.2) is 0 Å². The third-order valence-corrected chi connectivity index (χ3v) is 4.42. The fourth-order valence-corrected chi connectivity index (χ4v) is 3.02. The fourth-order valence-electron chi connectivity index (χ4n) is 2.89. The first kappa shape index (κ1) is 17.1. The highest BCUT2D eigenvalue weighted by atomic mass is 35.5. The van der Waals surface area contributed by atoms with Crippen LogP contribution in [-0.4, -0.2) is 15.6 Å². The topological polar surface area (TPSA) is 59.0 Å². The lowest BCUT2D eigenvalue weighted by molar-refractivity contribution is 0.262. The molecule has 2 N–H and O–H groups in total. The van der Waals surface area contributed by atoms with E-state index in [1.54, 1.807) is 24.3 Å². The minimum atomic E-state index is -0.359. The molecule has 0 aliphatic heterocycles. The second-order valence-corrected chi connectivity index (χ2v) is 6.52. The zero-order valence-corrected chi connectivity index (χ0v) is 15.1. The summed E-state index contributed by atoms with van der Waals surface area (Å²) >= 11 is 5.88. The molecule has 4 aromatic rings. The maximum absolute atomic E-state index is 12.4. The van der Waals surface area contributed by atoms with Crippen molar-refractivity contribution in [1.29, 1.82) is 0 Å². The third-order valence-electron chi connectivity index (χ3n) is 4.17. The molecule has 0 saturated heterocycles. The van der Waals surface area contributed by atoms with E-state index >= 15 is 0 Å². The van der Waals surface area contributed by atoms with Crippen LogP contribution in [-0.2, 0) is 6.54 Å². The molecule has 0 aliphatic carbocycles. The SMILES string of the molecule is O=C(Nc1ccc(Cl)cc1)Nc1nc2ccccc2n1Cc1ccccc1. The average molecular weight is 377 g/mol. The van der Waals surface area contributed by atoms with Gasteiger partial charge in [-0.15, -0.1) is 0 Å². The van der Waals surface area contributed by atoms with Gasteiger partial charge >= 0.3 is 6.03 Å². The lowest BCUT2D eigenvalue weighted by atomic mass is 10.2. The molecule has 134 valence electrons. The second kappa shape index (κ2) is 7.51. The second-order valence-electron chi connectivity index (χ2n) is 6.08. The first-order chi connectivity index (χ1) is 13.2. The molecule has 0 atom stereocenters. The first-order valence-corrected chi connectivity index (χ1v) is 8.89. The number of carbonyl (C=O) groups excluding carboxylic acids is 1. The molecule has 0 radical (unpaired) electrons. The van der Waals surface area contributed by atoms with Crippen LogP contribution in [0.15, 0.2) is 78.9 Å². The third kappa shape index (κ3) is 3.93. The van der Waals surface area contributed by atoms with Crippen molar-refractivity contribution in [2.75, 3.05) is 10.6 Å². The van der Waals surface area contributed by atoms with Crippen molar-refractivity contribution < 1.29 is 4.79 Å². The molecule has 0 unspecified atom stereocenters. The molecule has 6 heteroatoms. The summed E-state index contributed by atoms with van der Waals surface area (Å²) in [5.41, 5.74) is 3.57. The molecular formula is C21H17ClN4O. The van der Waals surface area contributed by atoms with E-state index in [4.69, 9.17) is 11.6 Å². The van der Waals surface area contributed by atoms with E-state index in [0.717, 1.165) is 16.6 Å². The zero-order chi connectivity index (χ0) is 18.6. The van der Waals surface area contributed by atoms with Crippen LogP contribution in [0.5, 0.6) is 0 Å². The Morgan fingerprint density at radius 1 is 0.889 bits per heavy atom. The summed E-state index contributed by atoms with van der Waals surface area (Å²) < 4.78 is 1.99. The number of carbonyl (C=O) groups is 1. The molecule has 0 aliphatic rings. The highest BCUT2D eigenvalue weighted by Crippen LogP contribution is 2.21. The average Bonchev–Trinajstić information content (AvgIpc) is 3.01. The molecule has 0 bridgehead atoms. The Morgan fingerprint density at radius 3 is 2.37 bits per heavy atom. The molecule has 3 aromatic carbocycles. The Morgan fingerprint density at radius 2 is 1.59 bits per heavy atom. The number of imidazole rings is 1. The van der Waals surface area contributed by atoms with Crippen molar-refractivity contribution in [1.82, 2.24) is 9.55 Å². The molecular weight excluding hydrogens is 360 g/mol. The summed E-state index contributed by atoms with van der Waals surface area (Å²) in [4.78, 5) is 17.0. The minimum Gasteiger partial charge on any atom is -0.308 e. The Hall–Kier alpha value is -3.31. The standard InChI is InChI=1S/C21H17ClN4O/c22-16-10-12-17(13-11-16)23-21(27)25-20-24-18-8-4-5-9-19(18)26(20)14-15-6-2-1-3-7-15/h1-13H,14H2,(H2,23,24,25,27). The largest absolute Gasteiger partial charge is 0.326 e. The van der Waals surface area contributed by atoms with Gasteiger partial charge in [0.1, 0.15) is 0 Å². The number of halogens is 1. The van der Waals surface area contributed by atoms with Crippen molar-refractivity contribution in [3.63, 3.8) is 0 Å². The smallest absolute Gasteiger partial charge is 0.308 e. The number of rotatable bonds is 4. The van der Waals surface area contributed by atoms with Crippen LogP contribution in [0.2, 0.25) is 5.02 Å². The van der Waals surface area contributed by atoms with E-state index in [2.05, 4.69) is 15.6 Å². The van der Waals surface area contributed by atoms with Crippen molar-refractivity contribution in [2.45, 2.75) is 6.54 Å². The highest BCUT2D eigenvalue weighted by molar-refractivity contribution is 6.30. The van der Waals surface area contributed by atoms with Crippen molar-refractivity contribution >= 4 is 40.3 Å². The van der Waals surface area contributed by atoms with E-state index in [-0.39, 0.29) is 6.03 Å². The van der Waals surface area contributed by atoms with E-state index in [1.165, 1.54) is 0 Å². The van der Waals surface area contributed by atoms with Gasteiger partial charge in [0, 0.05) is 10.7 Å². The molecule has 4 rings (SSSR count). The molecule has 0 fully saturated rings. The van der Waals surface area contributed by atoms with Crippen LogP contribution in [0.4, 0.5) is 16.4 Å². The van der Waals surface area contributed by atoms with Crippen LogP contribution in [0.1, 0.15) is 5.56 Å². The normalized spacial score (nSPS) is 10.7. The Labute approximate surface area is 161 Å². The van der Waals surface area contributed by atoms with Crippen LogP contribution in [0, 0.1) is 0 Å². The molecule has 5 nitrogen and oxygen atoms in total. The number of aromatic nitrogens is 2. The summed E-state index contributed by atoms with van der Waals surface area (Å²) in [5.74, 6) is 0.492. The van der Waals surface area contributed by atoms with Crippen molar-refractivity contribution in [3.8, 4) is 0 Å². The lowest BCUT2D eigenvalue weighted by Crippen LogP contribution is -2.22. The number of para-hydroxylation sites is 2.